The Morgan fingerprint density at radius 3 is 2.58 bits per heavy atom. The summed E-state index contributed by atoms with van der Waals surface area (Å²) in [7, 11) is 4.87. The monoisotopic (exact) mass is 268 g/mol. The predicted octanol–water partition coefficient (Wildman–Crippen LogP) is -0.105. The second-order valence-electron chi connectivity index (χ2n) is 4.42. The Labute approximate surface area is 112 Å². The molecule has 0 aliphatic carbocycles. The van der Waals surface area contributed by atoms with E-state index in [1.165, 1.54) is 16.0 Å². The van der Waals surface area contributed by atoms with E-state index in [2.05, 4.69) is 10.2 Å². The minimum atomic E-state index is -0.224. The van der Waals surface area contributed by atoms with Crippen LogP contribution in [0.25, 0.3) is 0 Å². The Morgan fingerprint density at radius 2 is 2.11 bits per heavy atom. The van der Waals surface area contributed by atoms with Crippen molar-refractivity contribution < 1.29 is 14.3 Å². The molecule has 1 aromatic rings. The van der Waals surface area contributed by atoms with Crippen molar-refractivity contribution in [2.75, 3.05) is 40.9 Å². The first-order chi connectivity index (χ1) is 8.97. The molecule has 0 atom stereocenters. The molecule has 0 saturated carbocycles. The summed E-state index contributed by atoms with van der Waals surface area (Å²) in [6, 6.07) is 0. The first-order valence-electron chi connectivity index (χ1n) is 5.95. The fourth-order valence-electron chi connectivity index (χ4n) is 1.50. The van der Waals surface area contributed by atoms with Crippen molar-refractivity contribution in [1.82, 2.24) is 20.0 Å². The van der Waals surface area contributed by atoms with E-state index >= 15 is 0 Å². The molecule has 0 bridgehead atoms. The predicted molar refractivity (Wildman–Crippen MR) is 69.8 cm³/mol. The van der Waals surface area contributed by atoms with Crippen molar-refractivity contribution in [3.8, 4) is 0 Å². The molecular weight excluding hydrogens is 248 g/mol. The highest BCUT2D eigenvalue weighted by atomic mass is 16.5. The van der Waals surface area contributed by atoms with Crippen molar-refractivity contribution in [2.45, 2.75) is 6.92 Å². The Kier molecular flexibility index (Phi) is 5.50. The molecule has 19 heavy (non-hydrogen) atoms. The average Bonchev–Trinajstić information content (AvgIpc) is 2.79. The number of hydrogen-bond donors (Lipinski definition) is 1. The summed E-state index contributed by atoms with van der Waals surface area (Å²) >= 11 is 0. The largest absolute Gasteiger partial charge is 0.383 e. The van der Waals surface area contributed by atoms with Gasteiger partial charge in [-0.1, -0.05) is 0 Å². The molecule has 0 radical (unpaired) electrons. The van der Waals surface area contributed by atoms with Crippen LogP contribution in [0.3, 0.4) is 0 Å². The molecule has 1 aromatic heterocycles. The van der Waals surface area contributed by atoms with Gasteiger partial charge in [0, 0.05) is 33.4 Å². The summed E-state index contributed by atoms with van der Waals surface area (Å²) in [6.45, 7) is 2.53. The molecule has 1 heterocycles. The zero-order valence-electron chi connectivity index (χ0n) is 11.8. The van der Waals surface area contributed by atoms with Gasteiger partial charge in [0.2, 0.25) is 5.91 Å². The van der Waals surface area contributed by atoms with Crippen molar-refractivity contribution in [2.24, 2.45) is 0 Å². The van der Waals surface area contributed by atoms with E-state index in [4.69, 9.17) is 4.74 Å². The number of H-pyrrole nitrogens is 1. The van der Waals surface area contributed by atoms with Crippen LogP contribution in [0.2, 0.25) is 0 Å². The van der Waals surface area contributed by atoms with Gasteiger partial charge in [0.05, 0.1) is 18.4 Å². The average molecular weight is 268 g/mol. The third-order valence-electron chi connectivity index (χ3n) is 2.74. The topological polar surface area (TPSA) is 78.5 Å². The first kappa shape index (κ1) is 15.2. The maximum atomic E-state index is 12.3. The number of carbonyl (C=O) groups excluding carboxylic acids is 2. The number of methoxy groups -OCH3 is 1. The van der Waals surface area contributed by atoms with Gasteiger partial charge in [0.15, 0.2) is 0 Å². The number of nitrogens with one attached hydrogen (secondary N) is 1. The third kappa shape index (κ3) is 4.06. The van der Waals surface area contributed by atoms with Crippen LogP contribution < -0.4 is 0 Å². The van der Waals surface area contributed by atoms with Crippen molar-refractivity contribution in [3.05, 3.63) is 17.5 Å². The van der Waals surface area contributed by atoms with Crippen molar-refractivity contribution in [1.29, 1.82) is 0 Å². The van der Waals surface area contributed by atoms with E-state index in [-0.39, 0.29) is 18.4 Å². The van der Waals surface area contributed by atoms with Gasteiger partial charge in [0.1, 0.15) is 6.54 Å². The Morgan fingerprint density at radius 1 is 1.42 bits per heavy atom. The highest BCUT2D eigenvalue weighted by Crippen LogP contribution is 2.07. The van der Waals surface area contributed by atoms with Gasteiger partial charge < -0.3 is 14.5 Å². The van der Waals surface area contributed by atoms with Gasteiger partial charge in [0.25, 0.3) is 5.91 Å². The fraction of sp³-hybridized carbons (Fsp3) is 0.583. The van der Waals surface area contributed by atoms with Crippen LogP contribution in [0.15, 0.2) is 6.20 Å². The molecular formula is C12H20N4O3. The standard InChI is InChI=1S/C12H20N4O3/c1-9-10(7-13-14-9)12(18)16(5-6-19-4)8-11(17)15(2)3/h7H,5-6,8H2,1-4H3,(H,13,14). The number of hydrogen-bond acceptors (Lipinski definition) is 4. The van der Waals surface area contributed by atoms with Gasteiger partial charge in [-0.3, -0.25) is 14.7 Å². The van der Waals surface area contributed by atoms with Crippen LogP contribution in [0.4, 0.5) is 0 Å². The highest BCUT2D eigenvalue weighted by molar-refractivity contribution is 5.97. The number of rotatable bonds is 6. The molecule has 0 aromatic carbocycles. The van der Waals surface area contributed by atoms with E-state index in [1.54, 1.807) is 28.1 Å². The fourth-order valence-corrected chi connectivity index (χ4v) is 1.50. The van der Waals surface area contributed by atoms with Gasteiger partial charge in [-0.15, -0.1) is 0 Å². The maximum absolute atomic E-state index is 12.3. The van der Waals surface area contributed by atoms with Crippen LogP contribution in [0, 0.1) is 6.92 Å². The van der Waals surface area contributed by atoms with Gasteiger partial charge >= 0.3 is 0 Å². The number of ether oxygens (including phenoxy) is 1. The number of aryl methyl sites for hydroxylation is 1. The van der Waals surface area contributed by atoms with E-state index < -0.39 is 0 Å². The lowest BCUT2D eigenvalue weighted by molar-refractivity contribution is -0.129. The third-order valence-corrected chi connectivity index (χ3v) is 2.74. The first-order valence-corrected chi connectivity index (χ1v) is 5.95. The summed E-state index contributed by atoms with van der Waals surface area (Å²) in [5.74, 6) is -0.357. The lowest BCUT2D eigenvalue weighted by atomic mass is 10.2. The quantitative estimate of drug-likeness (QED) is 0.781. The molecule has 0 aliphatic rings. The number of aromatic amines is 1. The second kappa shape index (κ2) is 6.89. The summed E-state index contributed by atoms with van der Waals surface area (Å²) in [6.07, 6.45) is 1.47. The maximum Gasteiger partial charge on any atom is 0.257 e. The molecule has 0 spiro atoms. The zero-order valence-corrected chi connectivity index (χ0v) is 11.8. The number of nitrogens with zero attached hydrogens (tertiary/aromatic N) is 3. The Bertz CT molecular complexity index is 442. The van der Waals surface area contributed by atoms with Crippen LogP contribution in [0.1, 0.15) is 16.1 Å². The molecule has 0 saturated heterocycles. The number of carbonyl (C=O) groups is 2. The molecule has 0 aliphatic heterocycles. The minimum absolute atomic E-state index is 0.0276. The zero-order chi connectivity index (χ0) is 14.4. The molecule has 106 valence electrons. The summed E-state index contributed by atoms with van der Waals surface area (Å²) in [5.41, 5.74) is 1.16. The van der Waals surface area contributed by atoms with Crippen molar-refractivity contribution in [3.63, 3.8) is 0 Å². The van der Waals surface area contributed by atoms with E-state index in [9.17, 15) is 9.59 Å². The summed E-state index contributed by atoms with van der Waals surface area (Å²) < 4.78 is 4.97. The van der Waals surface area contributed by atoms with Gasteiger partial charge in [-0.25, -0.2) is 0 Å². The Balaban J connectivity index is 2.81. The number of aromatic nitrogens is 2. The smallest absolute Gasteiger partial charge is 0.257 e. The van der Waals surface area contributed by atoms with Crippen LogP contribution >= 0.6 is 0 Å². The van der Waals surface area contributed by atoms with Crippen LogP contribution in [-0.2, 0) is 9.53 Å². The molecule has 0 unspecified atom stereocenters. The number of likely N-dealkylation sites (N-methyl/N-ethyl adjacent to an activating group) is 1. The lowest BCUT2D eigenvalue weighted by Crippen LogP contribution is -2.42. The molecule has 7 nitrogen and oxygen atoms in total. The van der Waals surface area contributed by atoms with Gasteiger partial charge in [-0.05, 0) is 6.92 Å². The minimum Gasteiger partial charge on any atom is -0.383 e. The summed E-state index contributed by atoms with van der Waals surface area (Å²) in [5, 5.41) is 6.53. The molecule has 2 amide bonds. The Hall–Kier alpha value is -1.89. The molecule has 0 fully saturated rings. The summed E-state index contributed by atoms with van der Waals surface area (Å²) in [4.78, 5) is 27.0. The molecule has 1 rings (SSSR count). The van der Waals surface area contributed by atoms with E-state index in [1.807, 2.05) is 0 Å². The molecule has 1 N–H and O–H groups in total. The SMILES string of the molecule is COCCN(CC(=O)N(C)C)C(=O)c1cn[nH]c1C. The van der Waals surface area contributed by atoms with Crippen molar-refractivity contribution >= 4 is 11.8 Å². The van der Waals surface area contributed by atoms with E-state index in [0.717, 1.165) is 0 Å². The second-order valence-corrected chi connectivity index (χ2v) is 4.42. The van der Waals surface area contributed by atoms with Crippen LogP contribution in [-0.4, -0.2) is 72.7 Å². The van der Waals surface area contributed by atoms with Crippen LogP contribution in [0.5, 0.6) is 0 Å². The number of amides is 2. The normalized spacial score (nSPS) is 10.3. The van der Waals surface area contributed by atoms with E-state index in [0.29, 0.717) is 24.4 Å². The van der Waals surface area contributed by atoms with Gasteiger partial charge in [-0.2, -0.15) is 5.10 Å². The lowest BCUT2D eigenvalue weighted by Gasteiger charge is -2.23. The molecule has 7 heteroatoms. The highest BCUT2D eigenvalue weighted by Gasteiger charge is 2.21.